The molecule has 0 aliphatic rings. The summed E-state index contributed by atoms with van der Waals surface area (Å²) in [6.07, 6.45) is 8.03. The van der Waals surface area contributed by atoms with Crippen molar-refractivity contribution in [2.75, 3.05) is 11.9 Å². The molecule has 0 saturated carbocycles. The molecule has 0 amide bonds. The quantitative estimate of drug-likeness (QED) is 0.143. The van der Waals surface area contributed by atoms with Crippen molar-refractivity contribution in [3.63, 3.8) is 0 Å². The van der Waals surface area contributed by atoms with E-state index in [2.05, 4.69) is 56.4 Å². The van der Waals surface area contributed by atoms with Crippen molar-refractivity contribution in [3.05, 3.63) is 42.5 Å². The summed E-state index contributed by atoms with van der Waals surface area (Å²) in [5.41, 5.74) is 2.65. The Bertz CT molecular complexity index is 1110. The van der Waals surface area contributed by atoms with Crippen LogP contribution < -0.4 is 8.90 Å². The number of carbonyl (C=O) groups is 1. The van der Waals surface area contributed by atoms with Gasteiger partial charge in [0.25, 0.3) is 0 Å². The Kier molecular flexibility index (Phi) is 11.3. The molecule has 4 nitrogen and oxygen atoms in total. The Morgan fingerprint density at radius 2 is 1.51 bits per heavy atom. The Morgan fingerprint density at radius 3 is 2.05 bits per heavy atom. The molecule has 0 atom stereocenters. The van der Waals surface area contributed by atoms with E-state index < -0.39 is 24.0 Å². The van der Waals surface area contributed by atoms with Gasteiger partial charge in [0.15, 0.2) is 0 Å². The number of hydrogen-bond donors (Lipinski definition) is 1. The van der Waals surface area contributed by atoms with Crippen molar-refractivity contribution in [2.45, 2.75) is 99.0 Å². The number of hydrogen-bond acceptors (Lipinski definition) is 5. The van der Waals surface area contributed by atoms with E-state index >= 15 is 0 Å². The summed E-state index contributed by atoms with van der Waals surface area (Å²) in [5, 5.41) is 4.22. The molecule has 0 unspecified atom stereocenters. The van der Waals surface area contributed by atoms with Crippen molar-refractivity contribution in [3.8, 4) is 10.6 Å². The zero-order chi connectivity index (χ0) is 26.9. The monoisotopic (exact) mass is 630 g/mol. The summed E-state index contributed by atoms with van der Waals surface area (Å²) < 4.78 is 12.9. The van der Waals surface area contributed by atoms with Crippen molar-refractivity contribution in [1.29, 1.82) is 0 Å². The van der Waals surface area contributed by atoms with Gasteiger partial charge in [-0.05, 0) is 20.8 Å². The normalized spacial score (nSPS) is 12.2. The van der Waals surface area contributed by atoms with Crippen LogP contribution in [0.4, 0.5) is 5.69 Å². The number of rotatable bonds is 14. The van der Waals surface area contributed by atoms with Crippen LogP contribution in [0.3, 0.4) is 0 Å². The molecule has 1 aromatic heterocycles. The molecule has 0 saturated heterocycles. The summed E-state index contributed by atoms with van der Waals surface area (Å²) in [4.78, 5) is 17.0. The molecule has 3 aromatic rings. The predicted octanol–water partition coefficient (Wildman–Crippen LogP) is 8.77. The first kappa shape index (κ1) is 29.9. The van der Waals surface area contributed by atoms with Crippen LogP contribution in [0.25, 0.3) is 20.8 Å². The molecule has 0 radical (unpaired) electrons. The van der Waals surface area contributed by atoms with Gasteiger partial charge in [0.2, 0.25) is 0 Å². The van der Waals surface area contributed by atoms with Gasteiger partial charge in [-0.1, -0.05) is 0 Å². The van der Waals surface area contributed by atoms with E-state index in [0.29, 0.717) is 0 Å². The van der Waals surface area contributed by atoms with Gasteiger partial charge in [0, 0.05) is 0 Å². The van der Waals surface area contributed by atoms with Crippen molar-refractivity contribution < 1.29 is 9.53 Å². The zero-order valence-electron chi connectivity index (χ0n) is 23.8. The number of nitrogens with zero attached hydrogens (tertiary/aromatic N) is 1. The number of unbranched alkanes of at least 4 members (excludes halogenated alkanes) is 3. The number of esters is 1. The molecular weight excluding hydrogens is 583 g/mol. The van der Waals surface area contributed by atoms with Crippen LogP contribution in [0.15, 0.2) is 42.5 Å². The fourth-order valence-electron chi connectivity index (χ4n) is 5.01. The fraction of sp³-hybridized carbons (Fsp3) is 0.548. The van der Waals surface area contributed by atoms with Gasteiger partial charge in [0.05, 0.1) is 0 Å². The van der Waals surface area contributed by atoms with Crippen LogP contribution in [0.2, 0.25) is 13.3 Å². The molecule has 202 valence electrons. The molecule has 1 N–H and O–H groups in total. The van der Waals surface area contributed by atoms with E-state index in [1.807, 2.05) is 44.2 Å². The zero-order valence-corrected chi connectivity index (χ0v) is 27.5. The van der Waals surface area contributed by atoms with Gasteiger partial charge in [0.1, 0.15) is 5.60 Å². The Morgan fingerprint density at radius 1 is 0.919 bits per heavy atom. The molecule has 1 heterocycles. The average molecular weight is 629 g/mol. The van der Waals surface area contributed by atoms with Gasteiger partial charge in [-0.3, -0.25) is 4.79 Å². The third kappa shape index (κ3) is 8.71. The molecule has 0 fully saturated rings. The standard InChI is InChI=1S/C19H19N2O2S.3C4H9.Sn/c1-19(2,3)23-17(22)12-20-14-10-8-13(9-11-14)18-21-15-6-4-5-7-16(15)24-18;3*1-3-4-2;/h4,6-11,20H,12H2,1-3H3;3*1,3-4H2,2H3;. The van der Waals surface area contributed by atoms with Gasteiger partial charge >= 0.3 is 198 Å². The molecule has 0 bridgehead atoms. The van der Waals surface area contributed by atoms with E-state index in [1.54, 1.807) is 3.58 Å². The molecular formula is C31H46N2O2SSn. The molecule has 3 rings (SSSR count). The number of thiazole rings is 1. The third-order valence-corrected chi connectivity index (χ3v) is 23.7. The van der Waals surface area contributed by atoms with Gasteiger partial charge in [-0.2, -0.15) is 0 Å². The number of ether oxygens (including phenoxy) is 1. The third-order valence-electron chi connectivity index (χ3n) is 7.02. The second-order valence-corrected chi connectivity index (χ2v) is 25.6. The van der Waals surface area contributed by atoms with E-state index in [9.17, 15) is 4.79 Å². The maximum atomic E-state index is 12.0. The molecule has 37 heavy (non-hydrogen) atoms. The van der Waals surface area contributed by atoms with Crippen LogP contribution in [0.1, 0.15) is 80.1 Å². The number of fused-ring (bicyclic) bond motifs is 1. The van der Waals surface area contributed by atoms with E-state index in [4.69, 9.17) is 9.72 Å². The van der Waals surface area contributed by atoms with Crippen LogP contribution in [0.5, 0.6) is 0 Å². The van der Waals surface area contributed by atoms with Crippen LogP contribution in [-0.2, 0) is 9.53 Å². The van der Waals surface area contributed by atoms with Crippen LogP contribution >= 0.6 is 11.3 Å². The van der Waals surface area contributed by atoms with Gasteiger partial charge in [-0.25, -0.2) is 0 Å². The summed E-state index contributed by atoms with van der Waals surface area (Å²) in [6.45, 7) is 12.8. The fourth-order valence-corrected chi connectivity index (χ4v) is 22.3. The maximum absolute atomic E-state index is 12.0. The number of anilines is 1. The van der Waals surface area contributed by atoms with Gasteiger partial charge in [-0.15, -0.1) is 0 Å². The van der Waals surface area contributed by atoms with Crippen LogP contribution in [0, 0.1) is 0 Å². The average Bonchev–Trinajstić information content (AvgIpc) is 3.30. The van der Waals surface area contributed by atoms with Crippen LogP contribution in [-0.4, -0.2) is 41.5 Å². The molecule has 2 aromatic carbocycles. The summed E-state index contributed by atoms with van der Waals surface area (Å²) >= 11 is -0.646. The summed E-state index contributed by atoms with van der Waals surface area (Å²) in [5.74, 6) is -0.253. The predicted molar refractivity (Wildman–Crippen MR) is 164 cm³/mol. The van der Waals surface area contributed by atoms with E-state index in [0.717, 1.165) is 21.8 Å². The number of nitrogens with one attached hydrogen (secondary N) is 1. The van der Waals surface area contributed by atoms with Crippen molar-refractivity contribution in [1.82, 2.24) is 4.98 Å². The second kappa shape index (κ2) is 14.0. The summed E-state index contributed by atoms with van der Waals surface area (Å²) in [6, 6.07) is 15.5. The topological polar surface area (TPSA) is 51.2 Å². The molecule has 0 aliphatic heterocycles. The number of benzene rings is 2. The summed E-state index contributed by atoms with van der Waals surface area (Å²) in [7, 11) is 0. The van der Waals surface area contributed by atoms with E-state index in [1.165, 1.54) is 56.5 Å². The van der Waals surface area contributed by atoms with E-state index in [-0.39, 0.29) is 12.5 Å². The molecule has 0 aliphatic carbocycles. The second-order valence-electron chi connectivity index (χ2n) is 11.3. The van der Waals surface area contributed by atoms with Crippen molar-refractivity contribution in [2.24, 2.45) is 0 Å². The minimum absolute atomic E-state index is 0.155. The Hall–Kier alpha value is -1.60. The molecule has 0 spiro atoms. The first-order valence-corrected chi connectivity index (χ1v) is 22.5. The number of carbonyl (C=O) groups excluding carboxylic acids is 1. The number of aromatic nitrogens is 1. The Balaban J connectivity index is 1.80. The first-order valence-electron chi connectivity index (χ1n) is 14.2. The van der Waals surface area contributed by atoms with Crippen molar-refractivity contribution >= 4 is 55.2 Å². The Labute approximate surface area is 232 Å². The first-order chi connectivity index (χ1) is 17.7. The molecule has 6 heteroatoms. The van der Waals surface area contributed by atoms with Gasteiger partial charge < -0.3 is 4.74 Å². The SMILES string of the molecule is CCC[CH2][Sn]([CH2]CCC)([CH2]CCC)[c]1ccc2nc(-c3ccc(NCC(=O)OC(C)(C)C)cc3)sc2c1. The minimum atomic E-state index is -2.46.